The average Bonchev–Trinajstić information content (AvgIpc) is 3.06. The number of pyridine rings is 1. The van der Waals surface area contributed by atoms with Gasteiger partial charge in [-0.1, -0.05) is 6.07 Å². The lowest BCUT2D eigenvalue weighted by molar-refractivity contribution is 0.193. The fourth-order valence-corrected chi connectivity index (χ4v) is 2.90. The van der Waals surface area contributed by atoms with Crippen LogP contribution >= 0.6 is 0 Å². The molecule has 3 aromatic rings. The van der Waals surface area contributed by atoms with Crippen LogP contribution in [0.2, 0.25) is 0 Å². The van der Waals surface area contributed by atoms with Crippen LogP contribution < -0.4 is 4.90 Å². The van der Waals surface area contributed by atoms with Gasteiger partial charge in [0.05, 0.1) is 24.0 Å². The van der Waals surface area contributed by atoms with Crippen LogP contribution in [-0.2, 0) is 13.1 Å². The number of rotatable bonds is 2. The molecule has 0 saturated carbocycles. The third-order valence-electron chi connectivity index (χ3n) is 4.04. The van der Waals surface area contributed by atoms with Crippen LogP contribution in [0.4, 0.5) is 5.95 Å². The van der Waals surface area contributed by atoms with E-state index >= 15 is 0 Å². The Kier molecular flexibility index (Phi) is 3.07. The van der Waals surface area contributed by atoms with Crippen LogP contribution in [0.25, 0.3) is 5.65 Å². The molecule has 4 heterocycles. The van der Waals surface area contributed by atoms with Crippen molar-refractivity contribution in [3.63, 3.8) is 0 Å². The topological polar surface area (TPSA) is 71.5 Å². The minimum Gasteiger partial charge on any atom is -0.387 e. The zero-order valence-corrected chi connectivity index (χ0v) is 12.4. The van der Waals surface area contributed by atoms with Gasteiger partial charge in [0.1, 0.15) is 0 Å². The molecule has 114 valence electrons. The van der Waals surface area contributed by atoms with Gasteiger partial charge in [-0.05, 0) is 31.5 Å². The Morgan fingerprint density at radius 3 is 3.00 bits per heavy atom. The van der Waals surface area contributed by atoms with Crippen LogP contribution in [0.3, 0.4) is 0 Å². The zero-order valence-electron chi connectivity index (χ0n) is 12.4. The van der Waals surface area contributed by atoms with Gasteiger partial charge in [-0.3, -0.25) is 9.08 Å². The van der Waals surface area contributed by atoms with Crippen molar-refractivity contribution < 1.29 is 5.11 Å². The Balaban J connectivity index is 1.71. The van der Waals surface area contributed by atoms with E-state index in [1.54, 1.807) is 6.92 Å². The zero-order chi connectivity index (χ0) is 15.1. The van der Waals surface area contributed by atoms with Crippen molar-refractivity contribution >= 4 is 11.6 Å². The second kappa shape index (κ2) is 5.10. The van der Waals surface area contributed by atoms with Crippen LogP contribution in [0, 0.1) is 0 Å². The number of nitrogens with zero attached hydrogens (tertiary/aromatic N) is 6. The lowest BCUT2D eigenvalue weighted by Crippen LogP contribution is -2.24. The Labute approximate surface area is 127 Å². The number of hydrogen-bond acceptors (Lipinski definition) is 5. The molecule has 0 spiro atoms. The number of aryl methyl sites for hydroxylation is 1. The molecule has 7 nitrogen and oxygen atoms in total. The van der Waals surface area contributed by atoms with Crippen molar-refractivity contribution in [3.8, 4) is 0 Å². The molecule has 4 rings (SSSR count). The van der Waals surface area contributed by atoms with Crippen molar-refractivity contribution in [3.05, 3.63) is 41.9 Å². The van der Waals surface area contributed by atoms with Crippen molar-refractivity contribution in [2.75, 3.05) is 11.4 Å². The molecular weight excluding hydrogens is 280 g/mol. The van der Waals surface area contributed by atoms with E-state index in [4.69, 9.17) is 0 Å². The van der Waals surface area contributed by atoms with Crippen LogP contribution in [-0.4, -0.2) is 36.0 Å². The molecule has 1 aliphatic rings. The van der Waals surface area contributed by atoms with Gasteiger partial charge in [0.2, 0.25) is 5.95 Å². The molecule has 7 heteroatoms. The molecule has 0 radical (unpaired) electrons. The van der Waals surface area contributed by atoms with Crippen molar-refractivity contribution in [2.45, 2.75) is 32.5 Å². The van der Waals surface area contributed by atoms with E-state index in [0.717, 1.165) is 49.0 Å². The average molecular weight is 298 g/mol. The largest absolute Gasteiger partial charge is 0.387 e. The van der Waals surface area contributed by atoms with Gasteiger partial charge >= 0.3 is 0 Å². The first-order chi connectivity index (χ1) is 10.7. The second-order valence-corrected chi connectivity index (χ2v) is 5.66. The quantitative estimate of drug-likeness (QED) is 0.774. The van der Waals surface area contributed by atoms with Crippen molar-refractivity contribution in [1.29, 1.82) is 0 Å². The molecule has 1 aliphatic heterocycles. The first-order valence-corrected chi connectivity index (χ1v) is 7.52. The highest BCUT2D eigenvalue weighted by Crippen LogP contribution is 2.22. The Morgan fingerprint density at radius 2 is 2.14 bits per heavy atom. The molecule has 0 aliphatic carbocycles. The van der Waals surface area contributed by atoms with Gasteiger partial charge in [-0.25, -0.2) is 0 Å². The minimum atomic E-state index is -0.540. The summed E-state index contributed by atoms with van der Waals surface area (Å²) in [7, 11) is 0. The first kappa shape index (κ1) is 13.3. The fraction of sp³-hybridized carbons (Fsp3) is 0.400. The second-order valence-electron chi connectivity index (χ2n) is 5.66. The third kappa shape index (κ3) is 2.14. The lowest BCUT2D eigenvalue weighted by atomic mass is 10.2. The summed E-state index contributed by atoms with van der Waals surface area (Å²) in [6.45, 7) is 4.22. The highest BCUT2D eigenvalue weighted by molar-refractivity contribution is 5.46. The third-order valence-corrected chi connectivity index (χ3v) is 4.04. The number of aromatic nitrogens is 5. The number of anilines is 1. The summed E-state index contributed by atoms with van der Waals surface area (Å²) in [6, 6.07) is 7.87. The maximum absolute atomic E-state index is 9.72. The Hall–Kier alpha value is -2.41. The lowest BCUT2D eigenvalue weighted by Gasteiger charge is -2.19. The molecule has 22 heavy (non-hydrogen) atoms. The molecule has 0 bridgehead atoms. The van der Waals surface area contributed by atoms with E-state index in [0.29, 0.717) is 0 Å². The molecule has 0 amide bonds. The van der Waals surface area contributed by atoms with E-state index < -0.39 is 6.10 Å². The highest BCUT2D eigenvalue weighted by Gasteiger charge is 2.21. The molecule has 0 aromatic carbocycles. The summed E-state index contributed by atoms with van der Waals surface area (Å²) < 4.78 is 3.99. The standard InChI is InChI=1S/C15H18N6O/c1-11(22)13-9-12-10-19(6-4-8-21(12)18-13)15-17-16-14-5-2-3-7-20(14)15/h2-3,5,7,9,11,22H,4,6,8,10H2,1H3/t11-/m1/s1. The van der Waals surface area contributed by atoms with Crippen molar-refractivity contribution in [2.24, 2.45) is 0 Å². The van der Waals surface area contributed by atoms with Gasteiger partial charge in [0.25, 0.3) is 0 Å². The maximum Gasteiger partial charge on any atom is 0.232 e. The predicted octanol–water partition coefficient (Wildman–Crippen LogP) is 1.39. The van der Waals surface area contributed by atoms with E-state index in [-0.39, 0.29) is 0 Å². The summed E-state index contributed by atoms with van der Waals surface area (Å²) in [4.78, 5) is 2.21. The Bertz CT molecular complexity index is 805. The van der Waals surface area contributed by atoms with E-state index in [9.17, 15) is 5.11 Å². The van der Waals surface area contributed by atoms with Crippen LogP contribution in [0.5, 0.6) is 0 Å². The predicted molar refractivity (Wildman–Crippen MR) is 81.5 cm³/mol. The van der Waals surface area contributed by atoms with E-state index in [1.807, 2.05) is 39.5 Å². The monoisotopic (exact) mass is 298 g/mol. The van der Waals surface area contributed by atoms with E-state index in [2.05, 4.69) is 20.2 Å². The van der Waals surface area contributed by atoms with E-state index in [1.165, 1.54) is 0 Å². The van der Waals surface area contributed by atoms with Gasteiger partial charge in [0, 0.05) is 19.3 Å². The molecular formula is C15H18N6O. The van der Waals surface area contributed by atoms with Gasteiger partial charge < -0.3 is 10.0 Å². The summed E-state index contributed by atoms with van der Waals surface area (Å²) in [5.74, 6) is 0.851. The summed E-state index contributed by atoms with van der Waals surface area (Å²) in [5.41, 5.74) is 2.67. The smallest absolute Gasteiger partial charge is 0.232 e. The normalized spacial score (nSPS) is 16.5. The maximum atomic E-state index is 9.72. The minimum absolute atomic E-state index is 0.540. The molecule has 1 atom stereocenters. The fourth-order valence-electron chi connectivity index (χ4n) is 2.90. The van der Waals surface area contributed by atoms with Crippen LogP contribution in [0.15, 0.2) is 30.5 Å². The number of hydrogen-bond donors (Lipinski definition) is 1. The SMILES string of the molecule is C[C@@H](O)c1cc2n(n1)CCCN(c1nnc3ccccn13)C2. The molecule has 0 fully saturated rings. The first-order valence-electron chi connectivity index (χ1n) is 7.52. The number of aliphatic hydroxyl groups excluding tert-OH is 1. The molecule has 1 N–H and O–H groups in total. The summed E-state index contributed by atoms with van der Waals surface area (Å²) in [5, 5.41) is 22.8. The number of fused-ring (bicyclic) bond motifs is 2. The van der Waals surface area contributed by atoms with Crippen LogP contribution in [0.1, 0.15) is 30.8 Å². The Morgan fingerprint density at radius 1 is 1.23 bits per heavy atom. The van der Waals surface area contributed by atoms with Gasteiger partial charge in [0.15, 0.2) is 5.65 Å². The highest BCUT2D eigenvalue weighted by atomic mass is 16.3. The molecule has 3 aromatic heterocycles. The number of aliphatic hydroxyl groups is 1. The van der Waals surface area contributed by atoms with Gasteiger partial charge in [-0.2, -0.15) is 5.10 Å². The summed E-state index contributed by atoms with van der Waals surface area (Å²) >= 11 is 0. The molecule has 0 saturated heterocycles. The van der Waals surface area contributed by atoms with Gasteiger partial charge in [-0.15, -0.1) is 10.2 Å². The van der Waals surface area contributed by atoms with Crippen molar-refractivity contribution in [1.82, 2.24) is 24.4 Å². The summed E-state index contributed by atoms with van der Waals surface area (Å²) in [6.07, 6.45) is 2.42. The molecule has 0 unspecified atom stereocenters.